The lowest BCUT2D eigenvalue weighted by atomic mass is 9.98. The summed E-state index contributed by atoms with van der Waals surface area (Å²) in [5.41, 5.74) is 0.586. The normalized spacial score (nSPS) is 12.5. The highest BCUT2D eigenvalue weighted by Crippen LogP contribution is 2.29. The fourth-order valence-electron chi connectivity index (χ4n) is 3.05. The molecule has 0 fully saturated rings. The molecule has 0 saturated heterocycles. The van der Waals surface area contributed by atoms with Gasteiger partial charge in [0.1, 0.15) is 16.8 Å². The molecule has 2 amide bonds. The van der Waals surface area contributed by atoms with Crippen LogP contribution < -0.4 is 15.4 Å². The Morgan fingerprint density at radius 1 is 1.24 bits per heavy atom. The first-order valence-electron chi connectivity index (χ1n) is 10.3. The zero-order chi connectivity index (χ0) is 24.8. The zero-order valence-electron chi connectivity index (χ0n) is 18.6. The monoisotopic (exact) mass is 503 g/mol. The number of hydrogen-bond donors (Lipinski definition) is 2. The van der Waals surface area contributed by atoms with Gasteiger partial charge < -0.3 is 10.1 Å². The fourth-order valence-corrected chi connectivity index (χ4v) is 4.06. The smallest absolute Gasteiger partial charge is 0.270 e. The van der Waals surface area contributed by atoms with Crippen LogP contribution in [0.4, 0.5) is 10.8 Å². The molecule has 0 aliphatic rings. The number of halogens is 1. The highest BCUT2D eigenvalue weighted by molar-refractivity contribution is 7.18. The summed E-state index contributed by atoms with van der Waals surface area (Å²) in [6.45, 7) is 3.71. The number of rotatable bonds is 9. The van der Waals surface area contributed by atoms with E-state index in [0.29, 0.717) is 17.2 Å². The van der Waals surface area contributed by atoms with E-state index in [-0.39, 0.29) is 27.3 Å². The second kappa shape index (κ2) is 11.0. The maximum atomic E-state index is 13.0. The number of carbonyl (C=O) groups is 2. The van der Waals surface area contributed by atoms with Crippen LogP contribution in [0.3, 0.4) is 0 Å². The molecule has 0 saturated carbocycles. The van der Waals surface area contributed by atoms with Gasteiger partial charge in [-0.15, -0.1) is 10.2 Å². The van der Waals surface area contributed by atoms with E-state index >= 15 is 0 Å². The van der Waals surface area contributed by atoms with E-state index in [2.05, 4.69) is 20.8 Å². The molecule has 1 heterocycles. The van der Waals surface area contributed by atoms with Crippen molar-refractivity contribution in [2.45, 2.75) is 26.3 Å². The molecule has 10 nitrogen and oxygen atoms in total. The van der Waals surface area contributed by atoms with Gasteiger partial charge >= 0.3 is 0 Å². The Hall–Kier alpha value is -3.57. The molecular weight excluding hydrogens is 482 g/mol. The van der Waals surface area contributed by atoms with Gasteiger partial charge in [0, 0.05) is 17.7 Å². The van der Waals surface area contributed by atoms with Crippen molar-refractivity contribution < 1.29 is 19.2 Å². The topological polar surface area (TPSA) is 136 Å². The SMILES string of the molecule is CCC(C)C(NC(=O)c1ccc([N+](=O)[O-])cc1Cl)C(=O)Nc1nnc(-c2cccc(OC)c2)s1. The number of amides is 2. The van der Waals surface area contributed by atoms with Gasteiger partial charge in [0.2, 0.25) is 11.0 Å². The van der Waals surface area contributed by atoms with Gasteiger partial charge in [0.05, 0.1) is 22.6 Å². The molecular formula is C22H22ClN5O5S. The van der Waals surface area contributed by atoms with E-state index in [1.165, 1.54) is 23.5 Å². The van der Waals surface area contributed by atoms with E-state index in [1.807, 2.05) is 38.1 Å². The number of benzene rings is 2. The number of nitro benzene ring substituents is 1. The van der Waals surface area contributed by atoms with Crippen molar-refractivity contribution in [3.63, 3.8) is 0 Å². The van der Waals surface area contributed by atoms with Gasteiger partial charge in [0.15, 0.2) is 0 Å². The van der Waals surface area contributed by atoms with Gasteiger partial charge in [0.25, 0.3) is 11.6 Å². The summed E-state index contributed by atoms with van der Waals surface area (Å²) in [6.07, 6.45) is 0.609. The second-order valence-corrected chi connectivity index (χ2v) is 8.78. The number of aromatic nitrogens is 2. The molecule has 1 aromatic heterocycles. The predicted molar refractivity (Wildman–Crippen MR) is 129 cm³/mol. The molecule has 12 heteroatoms. The summed E-state index contributed by atoms with van der Waals surface area (Å²) in [7, 11) is 1.57. The summed E-state index contributed by atoms with van der Waals surface area (Å²) in [5.74, 6) is -0.627. The van der Waals surface area contributed by atoms with E-state index in [0.717, 1.165) is 11.6 Å². The van der Waals surface area contributed by atoms with Crippen LogP contribution in [0.1, 0.15) is 30.6 Å². The average Bonchev–Trinajstić information content (AvgIpc) is 3.30. The molecule has 178 valence electrons. The van der Waals surface area contributed by atoms with Crippen molar-refractivity contribution >= 4 is 45.6 Å². The lowest BCUT2D eigenvalue weighted by Gasteiger charge is -2.23. The predicted octanol–water partition coefficient (Wildman–Crippen LogP) is 4.56. The van der Waals surface area contributed by atoms with Crippen molar-refractivity contribution in [3.8, 4) is 16.3 Å². The zero-order valence-corrected chi connectivity index (χ0v) is 20.1. The standard InChI is InChI=1S/C22H22ClN5O5S/c1-4-12(2)18(24-19(29)16-9-8-14(28(31)32)11-17(16)23)20(30)25-22-27-26-21(34-22)13-6-5-7-15(10-13)33-3/h5-12,18H,4H2,1-3H3,(H,24,29)(H,25,27,30). The van der Waals surface area contributed by atoms with Crippen LogP contribution in [0, 0.1) is 16.0 Å². The van der Waals surface area contributed by atoms with Gasteiger partial charge in [-0.2, -0.15) is 0 Å². The molecule has 3 aromatic rings. The Morgan fingerprint density at radius 2 is 2.00 bits per heavy atom. The molecule has 0 radical (unpaired) electrons. The minimum atomic E-state index is -0.895. The van der Waals surface area contributed by atoms with Crippen LogP contribution in [0.2, 0.25) is 5.02 Å². The summed E-state index contributed by atoms with van der Waals surface area (Å²) in [4.78, 5) is 36.1. The Bertz CT molecular complexity index is 1220. The molecule has 0 aliphatic heterocycles. The molecule has 0 aliphatic carbocycles. The Balaban J connectivity index is 1.76. The number of nitrogens with one attached hydrogen (secondary N) is 2. The number of methoxy groups -OCH3 is 1. The molecule has 2 N–H and O–H groups in total. The maximum Gasteiger partial charge on any atom is 0.270 e. The molecule has 2 aromatic carbocycles. The van der Waals surface area contributed by atoms with Crippen LogP contribution in [0.25, 0.3) is 10.6 Å². The van der Waals surface area contributed by atoms with E-state index < -0.39 is 22.8 Å². The number of non-ortho nitro benzene ring substituents is 1. The molecule has 0 spiro atoms. The average molecular weight is 504 g/mol. The largest absolute Gasteiger partial charge is 0.497 e. The van der Waals surface area contributed by atoms with Crippen LogP contribution in [0.5, 0.6) is 5.75 Å². The first-order valence-corrected chi connectivity index (χ1v) is 11.5. The lowest BCUT2D eigenvalue weighted by molar-refractivity contribution is -0.384. The van der Waals surface area contributed by atoms with Crippen LogP contribution >= 0.6 is 22.9 Å². The molecule has 0 bridgehead atoms. The summed E-state index contributed by atoms with van der Waals surface area (Å²) >= 11 is 7.25. The number of anilines is 1. The second-order valence-electron chi connectivity index (χ2n) is 7.39. The molecule has 2 unspecified atom stereocenters. The number of nitro groups is 1. The first-order chi connectivity index (χ1) is 16.2. The Morgan fingerprint density at radius 3 is 2.65 bits per heavy atom. The third-order valence-corrected chi connectivity index (χ3v) is 6.36. The fraction of sp³-hybridized carbons (Fsp3) is 0.273. The third-order valence-electron chi connectivity index (χ3n) is 5.16. The molecule has 34 heavy (non-hydrogen) atoms. The Kier molecular flexibility index (Phi) is 8.13. The quantitative estimate of drug-likeness (QED) is 0.322. The van der Waals surface area contributed by atoms with Crippen molar-refractivity contribution in [1.29, 1.82) is 0 Å². The summed E-state index contributed by atoms with van der Waals surface area (Å²) < 4.78 is 5.22. The van der Waals surface area contributed by atoms with Crippen molar-refractivity contribution in [3.05, 3.63) is 63.2 Å². The lowest BCUT2D eigenvalue weighted by Crippen LogP contribution is -2.47. The Labute approximate surface area is 204 Å². The molecule has 2 atom stereocenters. The number of nitrogens with zero attached hydrogens (tertiary/aromatic N) is 3. The minimum Gasteiger partial charge on any atom is -0.497 e. The highest BCUT2D eigenvalue weighted by Gasteiger charge is 2.28. The van der Waals surface area contributed by atoms with E-state index in [9.17, 15) is 19.7 Å². The molecule has 3 rings (SSSR count). The highest BCUT2D eigenvalue weighted by atomic mass is 35.5. The van der Waals surface area contributed by atoms with E-state index in [4.69, 9.17) is 16.3 Å². The minimum absolute atomic E-state index is 0.0320. The van der Waals surface area contributed by atoms with Gasteiger partial charge in [-0.1, -0.05) is 55.3 Å². The van der Waals surface area contributed by atoms with Crippen LogP contribution in [-0.2, 0) is 4.79 Å². The number of ether oxygens (including phenoxy) is 1. The number of carbonyl (C=O) groups excluding carboxylic acids is 2. The van der Waals surface area contributed by atoms with Gasteiger partial charge in [-0.3, -0.25) is 25.0 Å². The third kappa shape index (κ3) is 5.86. The maximum absolute atomic E-state index is 13.0. The summed E-state index contributed by atoms with van der Waals surface area (Å²) in [6, 6.07) is 9.93. The van der Waals surface area contributed by atoms with Crippen LogP contribution in [0.15, 0.2) is 42.5 Å². The van der Waals surface area contributed by atoms with Gasteiger partial charge in [-0.05, 0) is 24.1 Å². The van der Waals surface area contributed by atoms with Gasteiger partial charge in [-0.25, -0.2) is 0 Å². The summed E-state index contributed by atoms with van der Waals surface area (Å²) in [5, 5.41) is 25.2. The van der Waals surface area contributed by atoms with Crippen molar-refractivity contribution in [2.24, 2.45) is 5.92 Å². The first kappa shape index (κ1) is 25.1. The van der Waals surface area contributed by atoms with E-state index in [1.54, 1.807) is 7.11 Å². The number of hydrogen-bond acceptors (Lipinski definition) is 8. The van der Waals surface area contributed by atoms with Crippen LogP contribution in [-0.4, -0.2) is 40.1 Å². The van der Waals surface area contributed by atoms with Crippen molar-refractivity contribution in [1.82, 2.24) is 15.5 Å². The van der Waals surface area contributed by atoms with Crippen molar-refractivity contribution in [2.75, 3.05) is 12.4 Å².